The molecule has 1 heterocycles. The molecule has 0 aliphatic carbocycles. The van der Waals surface area contributed by atoms with Crippen LogP contribution in [0.15, 0.2) is 30.3 Å². The lowest BCUT2D eigenvalue weighted by atomic mass is 10.1. The summed E-state index contributed by atoms with van der Waals surface area (Å²) in [4.78, 5) is 28.9. The van der Waals surface area contributed by atoms with Crippen molar-refractivity contribution in [2.24, 2.45) is 0 Å². The van der Waals surface area contributed by atoms with Gasteiger partial charge >= 0.3 is 0 Å². The minimum Gasteiger partial charge on any atom is -0.357 e. The van der Waals surface area contributed by atoms with Crippen LogP contribution in [0.5, 0.6) is 0 Å². The lowest BCUT2D eigenvalue weighted by molar-refractivity contribution is -0.129. The normalized spacial score (nSPS) is 11.8. The Kier molecular flexibility index (Phi) is 6.06. The van der Waals surface area contributed by atoms with Gasteiger partial charge in [0.05, 0.1) is 0 Å². The summed E-state index contributed by atoms with van der Waals surface area (Å²) in [6.45, 7) is 3.97. The molecule has 0 fully saturated rings. The maximum atomic E-state index is 12.4. The van der Waals surface area contributed by atoms with Crippen LogP contribution in [0, 0.1) is 0 Å². The van der Waals surface area contributed by atoms with Crippen molar-refractivity contribution in [2.45, 2.75) is 39.3 Å². The predicted molar refractivity (Wildman–Crippen MR) is 90.2 cm³/mol. The molecule has 7 heteroatoms. The van der Waals surface area contributed by atoms with Crippen molar-refractivity contribution < 1.29 is 9.59 Å². The summed E-state index contributed by atoms with van der Waals surface area (Å²) in [7, 11) is 1.55. The number of aryl methyl sites for hydroxylation is 2. The molecular formula is C17H23N5O2. The first-order valence-corrected chi connectivity index (χ1v) is 8.07. The first-order chi connectivity index (χ1) is 11.6. The Morgan fingerprint density at radius 2 is 1.88 bits per heavy atom. The Balaban J connectivity index is 2.14. The summed E-state index contributed by atoms with van der Waals surface area (Å²) in [6, 6.07) is 8.41. The molecule has 1 atom stereocenters. The van der Waals surface area contributed by atoms with Gasteiger partial charge < -0.3 is 10.6 Å². The maximum Gasteiger partial charge on any atom is 0.246 e. The van der Waals surface area contributed by atoms with Gasteiger partial charge in [-0.2, -0.15) is 5.10 Å². The van der Waals surface area contributed by atoms with Gasteiger partial charge in [0.1, 0.15) is 18.4 Å². The summed E-state index contributed by atoms with van der Waals surface area (Å²) < 4.78 is 1.60. The summed E-state index contributed by atoms with van der Waals surface area (Å²) in [5.74, 6) is 0.927. The van der Waals surface area contributed by atoms with Gasteiger partial charge in [0.2, 0.25) is 11.8 Å². The second-order valence-electron chi connectivity index (χ2n) is 5.33. The van der Waals surface area contributed by atoms with E-state index in [-0.39, 0.29) is 18.4 Å². The van der Waals surface area contributed by atoms with Crippen molar-refractivity contribution >= 4 is 11.8 Å². The van der Waals surface area contributed by atoms with Gasteiger partial charge in [-0.25, -0.2) is 9.67 Å². The summed E-state index contributed by atoms with van der Waals surface area (Å²) in [5, 5.41) is 9.68. The van der Waals surface area contributed by atoms with Crippen LogP contribution in [0.3, 0.4) is 0 Å². The highest BCUT2D eigenvalue weighted by Crippen LogP contribution is 2.12. The average molecular weight is 329 g/mol. The molecule has 0 aliphatic rings. The van der Waals surface area contributed by atoms with Crippen molar-refractivity contribution in [3.05, 3.63) is 47.5 Å². The number of nitrogens with one attached hydrogen (secondary N) is 2. The Morgan fingerprint density at radius 1 is 1.17 bits per heavy atom. The van der Waals surface area contributed by atoms with Crippen molar-refractivity contribution in [3.63, 3.8) is 0 Å². The van der Waals surface area contributed by atoms with Crippen LogP contribution in [0.25, 0.3) is 0 Å². The van der Waals surface area contributed by atoms with E-state index in [2.05, 4.69) is 20.7 Å². The molecule has 0 unspecified atom stereocenters. The molecule has 0 saturated heterocycles. The van der Waals surface area contributed by atoms with E-state index in [0.29, 0.717) is 18.7 Å². The number of rotatable bonds is 7. The maximum absolute atomic E-state index is 12.4. The monoisotopic (exact) mass is 329 g/mol. The number of carbonyl (C=O) groups is 2. The predicted octanol–water partition coefficient (Wildman–Crippen LogP) is 1.01. The van der Waals surface area contributed by atoms with Gasteiger partial charge in [-0.3, -0.25) is 9.59 Å². The second kappa shape index (κ2) is 8.24. The molecule has 1 aromatic carbocycles. The Morgan fingerprint density at radius 3 is 2.46 bits per heavy atom. The van der Waals surface area contributed by atoms with Crippen LogP contribution in [0.4, 0.5) is 0 Å². The van der Waals surface area contributed by atoms with E-state index in [1.54, 1.807) is 11.7 Å². The third-order valence-corrected chi connectivity index (χ3v) is 3.66. The molecule has 0 bridgehead atoms. The van der Waals surface area contributed by atoms with Gasteiger partial charge in [-0.05, 0) is 5.56 Å². The fourth-order valence-electron chi connectivity index (χ4n) is 2.40. The first kappa shape index (κ1) is 17.7. The molecule has 0 saturated carbocycles. The van der Waals surface area contributed by atoms with E-state index in [9.17, 15) is 9.59 Å². The minimum absolute atomic E-state index is 0.0382. The summed E-state index contributed by atoms with van der Waals surface area (Å²) in [6.07, 6.45) is 1.41. The van der Waals surface area contributed by atoms with Gasteiger partial charge in [-0.15, -0.1) is 0 Å². The molecule has 24 heavy (non-hydrogen) atoms. The Labute approximate surface area is 141 Å². The number of carbonyl (C=O) groups excluding carboxylic acids is 2. The molecule has 2 N–H and O–H groups in total. The van der Waals surface area contributed by atoms with E-state index < -0.39 is 6.04 Å². The number of amides is 2. The highest BCUT2D eigenvalue weighted by molar-refractivity contribution is 5.88. The SMILES string of the molecule is CCc1nc(CC)n(CC(=O)N[C@@H](C(=O)NC)c2ccccc2)n1. The fourth-order valence-corrected chi connectivity index (χ4v) is 2.40. The van der Waals surface area contributed by atoms with Crippen molar-refractivity contribution in [2.75, 3.05) is 7.05 Å². The summed E-state index contributed by atoms with van der Waals surface area (Å²) >= 11 is 0. The number of nitrogens with zero attached hydrogens (tertiary/aromatic N) is 3. The smallest absolute Gasteiger partial charge is 0.246 e. The lowest BCUT2D eigenvalue weighted by Gasteiger charge is -2.18. The molecule has 1 aromatic heterocycles. The largest absolute Gasteiger partial charge is 0.357 e. The topological polar surface area (TPSA) is 88.9 Å². The van der Waals surface area contributed by atoms with Crippen LogP contribution >= 0.6 is 0 Å². The molecule has 0 radical (unpaired) electrons. The van der Waals surface area contributed by atoms with E-state index in [1.807, 2.05) is 44.2 Å². The number of likely N-dealkylation sites (N-methyl/N-ethyl adjacent to an activating group) is 1. The molecular weight excluding hydrogens is 306 g/mol. The zero-order chi connectivity index (χ0) is 17.5. The molecule has 0 spiro atoms. The van der Waals surface area contributed by atoms with Crippen molar-refractivity contribution in [3.8, 4) is 0 Å². The molecule has 0 aliphatic heterocycles. The van der Waals surface area contributed by atoms with Gasteiger partial charge in [0.25, 0.3) is 0 Å². The van der Waals surface area contributed by atoms with Gasteiger partial charge in [0.15, 0.2) is 5.82 Å². The fraction of sp³-hybridized carbons (Fsp3) is 0.412. The summed E-state index contributed by atoms with van der Waals surface area (Å²) in [5.41, 5.74) is 0.730. The first-order valence-electron chi connectivity index (χ1n) is 8.07. The van der Waals surface area contributed by atoms with Crippen LogP contribution in [-0.4, -0.2) is 33.6 Å². The quantitative estimate of drug-likeness (QED) is 0.793. The third kappa shape index (κ3) is 4.18. The number of aromatic nitrogens is 3. The van der Waals surface area contributed by atoms with Gasteiger partial charge in [0, 0.05) is 19.9 Å². The van der Waals surface area contributed by atoms with Crippen LogP contribution in [0.1, 0.15) is 37.1 Å². The zero-order valence-corrected chi connectivity index (χ0v) is 14.2. The highest BCUT2D eigenvalue weighted by Gasteiger charge is 2.22. The molecule has 2 amide bonds. The van der Waals surface area contributed by atoms with Crippen LogP contribution in [0.2, 0.25) is 0 Å². The number of hydrogen-bond acceptors (Lipinski definition) is 4. The molecule has 128 valence electrons. The Bertz CT molecular complexity index is 696. The van der Waals surface area contributed by atoms with Crippen LogP contribution < -0.4 is 10.6 Å². The molecule has 7 nitrogen and oxygen atoms in total. The number of hydrogen-bond donors (Lipinski definition) is 2. The lowest BCUT2D eigenvalue weighted by Crippen LogP contribution is -2.40. The second-order valence-corrected chi connectivity index (χ2v) is 5.33. The van der Waals surface area contributed by atoms with E-state index in [1.165, 1.54) is 0 Å². The van der Waals surface area contributed by atoms with E-state index in [4.69, 9.17) is 0 Å². The highest BCUT2D eigenvalue weighted by atomic mass is 16.2. The molecule has 2 aromatic rings. The third-order valence-electron chi connectivity index (χ3n) is 3.66. The van der Waals surface area contributed by atoms with Crippen molar-refractivity contribution in [1.82, 2.24) is 25.4 Å². The van der Waals surface area contributed by atoms with Crippen LogP contribution in [-0.2, 0) is 29.0 Å². The van der Waals surface area contributed by atoms with Gasteiger partial charge in [-0.1, -0.05) is 44.2 Å². The Hall–Kier alpha value is -2.70. The van der Waals surface area contributed by atoms with Crippen molar-refractivity contribution in [1.29, 1.82) is 0 Å². The van der Waals surface area contributed by atoms with E-state index >= 15 is 0 Å². The minimum atomic E-state index is -0.733. The van der Waals surface area contributed by atoms with E-state index in [0.717, 1.165) is 11.4 Å². The molecule has 2 rings (SSSR count). The number of benzene rings is 1. The standard InChI is InChI=1S/C17H23N5O2/c1-4-13-19-14(5-2)22(21-13)11-15(23)20-16(17(24)18-3)12-9-7-6-8-10-12/h6-10,16H,4-5,11H2,1-3H3,(H,18,24)(H,20,23)/t16-/m1/s1. The average Bonchev–Trinajstić information content (AvgIpc) is 3.01. The zero-order valence-electron chi connectivity index (χ0n) is 14.2.